The van der Waals surface area contributed by atoms with Crippen molar-refractivity contribution in [3.8, 4) is 0 Å². The van der Waals surface area contributed by atoms with Crippen molar-refractivity contribution in [2.45, 2.75) is 64.1 Å². The number of hydrogen-bond donors (Lipinski definition) is 2. The third-order valence-corrected chi connectivity index (χ3v) is 4.43. The van der Waals surface area contributed by atoms with E-state index in [-0.39, 0.29) is 6.61 Å². The molecule has 7 heteroatoms. The Morgan fingerprint density at radius 2 is 1.84 bits per heavy atom. The molecule has 1 aromatic carbocycles. The van der Waals surface area contributed by atoms with Crippen LogP contribution in [-0.4, -0.2) is 37.2 Å². The van der Waals surface area contributed by atoms with Crippen LogP contribution >= 0.6 is 0 Å². The van der Waals surface area contributed by atoms with E-state index in [1.54, 1.807) is 6.07 Å². The first kappa shape index (κ1) is 21.5. The maximum Gasteiger partial charge on any atom is 0.471 e. The standard InChI is InChI=1S/C16H19BF3NO2.C2H6/c17-13-3-2-11-4-7-15(6-1-9-22,8-5-12(11)10-13)21-14(23)16(18,19)20;1-2/h2-3,10,22H,1,4-9H2,(H,21,23);1-2H3. The monoisotopic (exact) mass is 355 g/mol. The second kappa shape index (κ2) is 9.27. The summed E-state index contributed by atoms with van der Waals surface area (Å²) >= 11 is 0. The molecule has 2 N–H and O–H groups in total. The molecule has 0 fully saturated rings. The van der Waals surface area contributed by atoms with Crippen molar-refractivity contribution in [3.05, 3.63) is 29.3 Å². The van der Waals surface area contributed by atoms with Gasteiger partial charge in [0, 0.05) is 12.1 Å². The lowest BCUT2D eigenvalue weighted by atomic mass is 9.85. The first-order chi connectivity index (χ1) is 11.8. The van der Waals surface area contributed by atoms with Crippen molar-refractivity contribution in [2.24, 2.45) is 0 Å². The topological polar surface area (TPSA) is 49.3 Å². The number of amides is 1. The maximum absolute atomic E-state index is 12.6. The third kappa shape index (κ3) is 6.06. The Hall–Kier alpha value is -1.50. The number of aryl methyl sites for hydroxylation is 2. The minimum absolute atomic E-state index is 0.121. The van der Waals surface area contributed by atoms with Crippen LogP contribution in [-0.2, 0) is 17.6 Å². The average molecular weight is 355 g/mol. The number of aliphatic hydroxyl groups excluding tert-OH is 1. The predicted octanol–water partition coefficient (Wildman–Crippen LogP) is 2.58. The van der Waals surface area contributed by atoms with Crippen LogP contribution in [0.1, 0.15) is 50.7 Å². The van der Waals surface area contributed by atoms with Crippen molar-refractivity contribution in [1.29, 1.82) is 0 Å². The highest BCUT2D eigenvalue weighted by atomic mass is 19.4. The van der Waals surface area contributed by atoms with E-state index in [1.165, 1.54) is 0 Å². The lowest BCUT2D eigenvalue weighted by molar-refractivity contribution is -0.176. The lowest BCUT2D eigenvalue weighted by Crippen LogP contribution is -2.53. The van der Waals surface area contributed by atoms with Crippen LogP contribution in [0, 0.1) is 0 Å². The van der Waals surface area contributed by atoms with Gasteiger partial charge in [0.25, 0.3) is 0 Å². The summed E-state index contributed by atoms with van der Waals surface area (Å²) in [5.74, 6) is -1.92. The van der Waals surface area contributed by atoms with Crippen molar-refractivity contribution in [1.82, 2.24) is 5.32 Å². The van der Waals surface area contributed by atoms with Crippen molar-refractivity contribution in [3.63, 3.8) is 0 Å². The van der Waals surface area contributed by atoms with Gasteiger partial charge in [-0.25, -0.2) is 0 Å². The molecule has 0 aromatic heterocycles. The molecule has 2 rings (SSSR count). The van der Waals surface area contributed by atoms with E-state index in [4.69, 9.17) is 13.0 Å². The SMILES string of the molecule is CC.[B]c1ccc2c(c1)CCC(CCCO)(NC(=O)C(F)(F)F)CC2. The molecule has 1 atom stereocenters. The van der Waals surface area contributed by atoms with Crippen LogP contribution in [0.15, 0.2) is 18.2 Å². The molecule has 0 spiro atoms. The second-order valence-corrected chi connectivity index (χ2v) is 6.09. The molecule has 0 bridgehead atoms. The van der Waals surface area contributed by atoms with Gasteiger partial charge in [-0.1, -0.05) is 37.5 Å². The van der Waals surface area contributed by atoms with Gasteiger partial charge in [0.15, 0.2) is 0 Å². The fraction of sp³-hybridized carbons (Fsp3) is 0.611. The van der Waals surface area contributed by atoms with E-state index in [0.717, 1.165) is 11.1 Å². The second-order valence-electron chi connectivity index (χ2n) is 6.09. The van der Waals surface area contributed by atoms with Gasteiger partial charge in [-0.15, -0.1) is 0 Å². The highest BCUT2D eigenvalue weighted by Crippen LogP contribution is 2.32. The summed E-state index contributed by atoms with van der Waals surface area (Å²) in [6.07, 6.45) is -2.33. The molecule has 1 unspecified atom stereocenters. The summed E-state index contributed by atoms with van der Waals surface area (Å²) in [5, 5.41) is 11.2. The summed E-state index contributed by atoms with van der Waals surface area (Å²) in [6, 6.07) is 5.50. The smallest absolute Gasteiger partial charge is 0.396 e. The molecule has 0 saturated carbocycles. The summed E-state index contributed by atoms with van der Waals surface area (Å²) in [6.45, 7) is 3.88. The van der Waals surface area contributed by atoms with Crippen molar-refractivity contribution >= 4 is 19.2 Å². The number of nitrogens with one attached hydrogen (secondary N) is 1. The molecule has 1 aliphatic rings. The quantitative estimate of drug-likeness (QED) is 0.644. The number of fused-ring (bicyclic) bond motifs is 1. The highest BCUT2D eigenvalue weighted by molar-refractivity contribution is 6.32. The van der Waals surface area contributed by atoms with E-state index in [2.05, 4.69) is 5.32 Å². The van der Waals surface area contributed by atoms with Crippen LogP contribution in [0.4, 0.5) is 13.2 Å². The number of aliphatic hydroxyl groups is 1. The molecular weight excluding hydrogens is 330 g/mol. The Morgan fingerprint density at radius 3 is 2.40 bits per heavy atom. The minimum Gasteiger partial charge on any atom is -0.396 e. The van der Waals surface area contributed by atoms with Gasteiger partial charge in [0.1, 0.15) is 7.85 Å². The zero-order valence-electron chi connectivity index (χ0n) is 14.7. The van der Waals surface area contributed by atoms with Gasteiger partial charge in [0.05, 0.1) is 0 Å². The number of alkyl halides is 3. The number of carbonyl (C=O) groups is 1. The van der Waals surface area contributed by atoms with Crippen LogP contribution in [0.2, 0.25) is 0 Å². The third-order valence-electron chi connectivity index (χ3n) is 4.43. The molecule has 138 valence electrons. The first-order valence-electron chi connectivity index (χ1n) is 8.63. The number of carbonyl (C=O) groups excluding carboxylic acids is 1. The Labute approximate surface area is 148 Å². The molecule has 0 saturated heterocycles. The van der Waals surface area contributed by atoms with Crippen LogP contribution < -0.4 is 10.8 Å². The van der Waals surface area contributed by atoms with E-state index in [9.17, 15) is 18.0 Å². The molecular formula is C18H25BF3NO2. The largest absolute Gasteiger partial charge is 0.471 e. The fourth-order valence-electron chi connectivity index (χ4n) is 3.16. The summed E-state index contributed by atoms with van der Waals surface area (Å²) in [4.78, 5) is 11.4. The van der Waals surface area contributed by atoms with E-state index in [0.29, 0.717) is 44.0 Å². The number of rotatable bonds is 4. The number of halogens is 3. The Balaban J connectivity index is 0.00000151. The molecule has 0 heterocycles. The van der Waals surface area contributed by atoms with Crippen molar-refractivity contribution in [2.75, 3.05) is 6.61 Å². The summed E-state index contributed by atoms with van der Waals surface area (Å²) < 4.78 is 37.9. The summed E-state index contributed by atoms with van der Waals surface area (Å²) in [5.41, 5.74) is 1.72. The van der Waals surface area contributed by atoms with Gasteiger partial charge in [-0.3, -0.25) is 4.79 Å². The molecule has 1 aromatic rings. The zero-order valence-corrected chi connectivity index (χ0v) is 14.7. The Kier molecular flexibility index (Phi) is 7.99. The zero-order chi connectivity index (χ0) is 19.1. The van der Waals surface area contributed by atoms with Crippen LogP contribution in [0.3, 0.4) is 0 Å². The molecule has 2 radical (unpaired) electrons. The van der Waals surface area contributed by atoms with Gasteiger partial charge in [-0.2, -0.15) is 13.2 Å². The predicted molar refractivity (Wildman–Crippen MR) is 93.1 cm³/mol. The van der Waals surface area contributed by atoms with E-state index >= 15 is 0 Å². The number of benzene rings is 1. The Bertz CT molecular complexity index is 578. The van der Waals surface area contributed by atoms with Gasteiger partial charge < -0.3 is 10.4 Å². The van der Waals surface area contributed by atoms with Gasteiger partial charge in [0.2, 0.25) is 0 Å². The normalized spacial score (nSPS) is 19.9. The minimum atomic E-state index is -4.91. The molecule has 3 nitrogen and oxygen atoms in total. The first-order valence-corrected chi connectivity index (χ1v) is 8.63. The molecule has 1 aliphatic carbocycles. The van der Waals surface area contributed by atoms with Crippen LogP contribution in [0.5, 0.6) is 0 Å². The maximum atomic E-state index is 12.6. The van der Waals surface area contributed by atoms with Gasteiger partial charge in [-0.05, 0) is 49.7 Å². The lowest BCUT2D eigenvalue weighted by Gasteiger charge is -2.34. The van der Waals surface area contributed by atoms with Gasteiger partial charge >= 0.3 is 12.1 Å². The Morgan fingerprint density at radius 1 is 1.24 bits per heavy atom. The molecule has 25 heavy (non-hydrogen) atoms. The van der Waals surface area contributed by atoms with Crippen molar-refractivity contribution < 1.29 is 23.1 Å². The van der Waals surface area contributed by atoms with Crippen LogP contribution in [0.25, 0.3) is 0 Å². The molecule has 1 amide bonds. The summed E-state index contributed by atoms with van der Waals surface area (Å²) in [7, 11) is 5.77. The fourth-order valence-corrected chi connectivity index (χ4v) is 3.16. The average Bonchev–Trinajstić information content (AvgIpc) is 2.74. The van der Waals surface area contributed by atoms with E-state index in [1.807, 2.05) is 26.0 Å². The van der Waals surface area contributed by atoms with E-state index < -0.39 is 17.6 Å². The highest BCUT2D eigenvalue weighted by Gasteiger charge is 2.44. The number of hydrogen-bond acceptors (Lipinski definition) is 2. The molecule has 0 aliphatic heterocycles.